The van der Waals surface area contributed by atoms with Gasteiger partial charge in [0.05, 0.1) is 0 Å². The van der Waals surface area contributed by atoms with Crippen LogP contribution in [0.15, 0.2) is 97.6 Å². The van der Waals surface area contributed by atoms with E-state index in [-0.39, 0.29) is 6.42 Å². The summed E-state index contributed by atoms with van der Waals surface area (Å²) in [6, 6.07) is 26.2. The normalized spacial score (nSPS) is 10.8. The average Bonchev–Trinajstić information content (AvgIpc) is 2.77. The van der Waals surface area contributed by atoms with E-state index >= 15 is 0 Å². The van der Waals surface area contributed by atoms with Gasteiger partial charge < -0.3 is 9.47 Å². The number of rotatable bonds is 6. The third kappa shape index (κ3) is 4.23. The zero-order valence-corrected chi connectivity index (χ0v) is 16.3. The van der Waals surface area contributed by atoms with Gasteiger partial charge in [-0.15, -0.1) is 6.58 Å². The number of fused-ring (bicyclic) bond motifs is 2. The summed E-state index contributed by atoms with van der Waals surface area (Å²) in [4.78, 5) is 25.4. The summed E-state index contributed by atoms with van der Waals surface area (Å²) in [7, 11) is 0. The Morgan fingerprint density at radius 3 is 1.57 bits per heavy atom. The van der Waals surface area contributed by atoms with Crippen molar-refractivity contribution in [3.05, 3.63) is 97.6 Å². The molecule has 0 fully saturated rings. The molecule has 4 heteroatoms. The van der Waals surface area contributed by atoms with E-state index in [1.165, 1.54) is 6.08 Å². The first kappa shape index (κ1) is 19.4. The van der Waals surface area contributed by atoms with E-state index in [0.29, 0.717) is 11.5 Å². The Bertz CT molecular complexity index is 1150. The molecule has 0 aliphatic carbocycles. The quantitative estimate of drug-likeness (QED) is 0.182. The fourth-order valence-corrected chi connectivity index (χ4v) is 3.29. The Morgan fingerprint density at radius 2 is 1.13 bits per heavy atom. The lowest BCUT2D eigenvalue weighted by atomic mass is 10.1. The molecule has 0 aromatic heterocycles. The van der Waals surface area contributed by atoms with Gasteiger partial charge in [-0.2, -0.15) is 0 Å². The molecule has 4 aromatic rings. The zero-order chi connectivity index (χ0) is 20.9. The molecule has 0 radical (unpaired) electrons. The molecule has 30 heavy (non-hydrogen) atoms. The van der Waals surface area contributed by atoms with Crippen LogP contribution < -0.4 is 9.47 Å². The molecule has 0 aliphatic heterocycles. The minimum Gasteiger partial charge on any atom is -0.426 e. The molecule has 0 aliphatic rings. The second-order valence-corrected chi connectivity index (χ2v) is 6.94. The van der Waals surface area contributed by atoms with Gasteiger partial charge in [-0.3, -0.25) is 9.59 Å². The summed E-state index contributed by atoms with van der Waals surface area (Å²) >= 11 is 0. The van der Waals surface area contributed by atoms with Crippen LogP contribution in [0.25, 0.3) is 21.5 Å². The van der Waals surface area contributed by atoms with Crippen LogP contribution in [0.4, 0.5) is 0 Å². The number of benzene rings is 4. The minimum absolute atomic E-state index is 0.124. The molecule has 4 rings (SSSR count). The molecular formula is C26H20O4. The first-order valence-corrected chi connectivity index (χ1v) is 9.66. The second kappa shape index (κ2) is 8.62. The van der Waals surface area contributed by atoms with Crippen LogP contribution in [0.5, 0.6) is 11.5 Å². The summed E-state index contributed by atoms with van der Waals surface area (Å²) in [5.41, 5.74) is 0. The van der Waals surface area contributed by atoms with E-state index < -0.39 is 17.9 Å². The highest BCUT2D eigenvalue weighted by atomic mass is 16.6. The van der Waals surface area contributed by atoms with Gasteiger partial charge in [0.15, 0.2) is 5.92 Å². The highest BCUT2D eigenvalue weighted by molar-refractivity contribution is 5.97. The first-order chi connectivity index (χ1) is 14.6. The number of esters is 2. The van der Waals surface area contributed by atoms with Crippen LogP contribution in [0, 0.1) is 5.92 Å². The fraction of sp³-hybridized carbons (Fsp3) is 0.0769. The third-order valence-corrected chi connectivity index (χ3v) is 4.85. The average molecular weight is 396 g/mol. The summed E-state index contributed by atoms with van der Waals surface area (Å²) in [5.74, 6) is -1.68. The fourth-order valence-electron chi connectivity index (χ4n) is 3.29. The van der Waals surface area contributed by atoms with Crippen molar-refractivity contribution in [2.24, 2.45) is 5.92 Å². The van der Waals surface area contributed by atoms with E-state index in [1.807, 2.05) is 60.7 Å². The van der Waals surface area contributed by atoms with Crippen molar-refractivity contribution < 1.29 is 19.1 Å². The van der Waals surface area contributed by atoms with Gasteiger partial charge in [-0.1, -0.05) is 66.7 Å². The highest BCUT2D eigenvalue weighted by Crippen LogP contribution is 2.24. The van der Waals surface area contributed by atoms with Gasteiger partial charge in [0.2, 0.25) is 0 Å². The van der Waals surface area contributed by atoms with Gasteiger partial charge in [-0.05, 0) is 52.2 Å². The molecule has 0 saturated carbocycles. The van der Waals surface area contributed by atoms with Crippen molar-refractivity contribution in [2.75, 3.05) is 0 Å². The maximum absolute atomic E-state index is 12.7. The van der Waals surface area contributed by atoms with Crippen LogP contribution in [0.2, 0.25) is 0 Å². The molecule has 0 atom stereocenters. The first-order valence-electron chi connectivity index (χ1n) is 9.66. The van der Waals surface area contributed by atoms with E-state index in [4.69, 9.17) is 9.47 Å². The molecule has 4 nitrogen and oxygen atoms in total. The molecule has 0 unspecified atom stereocenters. The number of carbonyl (C=O) groups excluding carboxylic acids is 2. The van der Waals surface area contributed by atoms with E-state index in [9.17, 15) is 9.59 Å². The SMILES string of the molecule is C=CCC(C(=O)Oc1ccc2ccccc2c1)C(=O)Oc1ccc2ccccc2c1. The summed E-state index contributed by atoms with van der Waals surface area (Å²) in [5, 5.41) is 3.97. The topological polar surface area (TPSA) is 52.6 Å². The maximum Gasteiger partial charge on any atom is 0.326 e. The van der Waals surface area contributed by atoms with Gasteiger partial charge in [0.25, 0.3) is 0 Å². The van der Waals surface area contributed by atoms with Crippen molar-refractivity contribution in [3.8, 4) is 11.5 Å². The molecule has 0 N–H and O–H groups in total. The largest absolute Gasteiger partial charge is 0.426 e. The maximum atomic E-state index is 12.7. The molecule has 4 aromatic carbocycles. The highest BCUT2D eigenvalue weighted by Gasteiger charge is 2.29. The van der Waals surface area contributed by atoms with Crippen LogP contribution in [-0.4, -0.2) is 11.9 Å². The summed E-state index contributed by atoms with van der Waals surface area (Å²) in [6.45, 7) is 3.65. The minimum atomic E-state index is -1.10. The van der Waals surface area contributed by atoms with Crippen molar-refractivity contribution in [2.45, 2.75) is 6.42 Å². The standard InChI is InChI=1S/C26H20O4/c1-2-7-24(25(27)29-22-14-12-18-8-3-5-10-20(18)16-22)26(28)30-23-15-13-19-9-4-6-11-21(19)17-23/h2-6,8-17,24H,1,7H2. The summed E-state index contributed by atoms with van der Waals surface area (Å²) in [6.07, 6.45) is 1.63. The zero-order valence-electron chi connectivity index (χ0n) is 16.3. The summed E-state index contributed by atoms with van der Waals surface area (Å²) < 4.78 is 11.0. The lowest BCUT2D eigenvalue weighted by Gasteiger charge is -2.14. The Kier molecular flexibility index (Phi) is 5.57. The van der Waals surface area contributed by atoms with Crippen LogP contribution in [0.3, 0.4) is 0 Å². The second-order valence-electron chi connectivity index (χ2n) is 6.94. The number of hydrogen-bond acceptors (Lipinski definition) is 4. The predicted octanol–water partition coefficient (Wildman–Crippen LogP) is 5.70. The van der Waals surface area contributed by atoms with Gasteiger partial charge >= 0.3 is 11.9 Å². The van der Waals surface area contributed by atoms with Crippen molar-refractivity contribution >= 4 is 33.5 Å². The molecule has 0 amide bonds. The predicted molar refractivity (Wildman–Crippen MR) is 117 cm³/mol. The Morgan fingerprint density at radius 1 is 0.700 bits per heavy atom. The van der Waals surface area contributed by atoms with Crippen molar-refractivity contribution in [1.82, 2.24) is 0 Å². The van der Waals surface area contributed by atoms with Crippen LogP contribution >= 0.6 is 0 Å². The lowest BCUT2D eigenvalue weighted by molar-refractivity contribution is -0.151. The van der Waals surface area contributed by atoms with E-state index in [1.54, 1.807) is 24.3 Å². The Hall–Kier alpha value is -3.92. The van der Waals surface area contributed by atoms with Gasteiger partial charge in [0.1, 0.15) is 11.5 Å². The van der Waals surface area contributed by atoms with Crippen molar-refractivity contribution in [3.63, 3.8) is 0 Å². The molecule has 148 valence electrons. The van der Waals surface area contributed by atoms with E-state index in [2.05, 4.69) is 6.58 Å². The van der Waals surface area contributed by atoms with Gasteiger partial charge in [-0.25, -0.2) is 0 Å². The van der Waals surface area contributed by atoms with Crippen molar-refractivity contribution in [1.29, 1.82) is 0 Å². The molecule has 0 saturated heterocycles. The van der Waals surface area contributed by atoms with Crippen LogP contribution in [-0.2, 0) is 9.59 Å². The molecular weight excluding hydrogens is 376 g/mol. The smallest absolute Gasteiger partial charge is 0.326 e. The Balaban J connectivity index is 1.51. The molecule has 0 heterocycles. The van der Waals surface area contributed by atoms with Gasteiger partial charge in [0, 0.05) is 0 Å². The number of ether oxygens (including phenoxy) is 2. The lowest BCUT2D eigenvalue weighted by Crippen LogP contribution is -2.31. The Labute approximate surface area is 174 Å². The van der Waals surface area contributed by atoms with Crippen LogP contribution in [0.1, 0.15) is 6.42 Å². The molecule has 0 bridgehead atoms. The third-order valence-electron chi connectivity index (χ3n) is 4.85. The number of hydrogen-bond donors (Lipinski definition) is 0. The van der Waals surface area contributed by atoms with E-state index in [0.717, 1.165) is 21.5 Å². The monoisotopic (exact) mass is 396 g/mol. The molecule has 0 spiro atoms. The number of carbonyl (C=O) groups is 2. The number of allylic oxidation sites excluding steroid dienone is 1.